The molecule has 0 aliphatic carbocycles. The van der Waals surface area contributed by atoms with Crippen molar-refractivity contribution in [2.45, 2.75) is 0 Å². The molecule has 234 valence electrons. The van der Waals surface area contributed by atoms with Crippen molar-refractivity contribution in [1.29, 1.82) is 0 Å². The van der Waals surface area contributed by atoms with Gasteiger partial charge in [0, 0.05) is 38.5 Å². The summed E-state index contributed by atoms with van der Waals surface area (Å²) in [5.41, 5.74) is 9.72. The molecule has 9 aromatic carbocycles. The van der Waals surface area contributed by atoms with E-state index < -0.39 is 0 Å². The quantitative estimate of drug-likeness (QED) is 0.175. The highest BCUT2D eigenvalue weighted by molar-refractivity contribution is 6.21. The van der Waals surface area contributed by atoms with Crippen molar-refractivity contribution in [3.63, 3.8) is 0 Å². The number of rotatable bonds is 5. The molecule has 0 N–H and O–H groups in total. The molecule has 0 bridgehead atoms. The van der Waals surface area contributed by atoms with Crippen molar-refractivity contribution in [2.75, 3.05) is 4.90 Å². The average Bonchev–Trinajstić information content (AvgIpc) is 3.58. The maximum absolute atomic E-state index is 6.82. The molecule has 0 saturated carbocycles. The molecule has 10 aromatic rings. The highest BCUT2D eigenvalue weighted by Gasteiger charge is 2.21. The van der Waals surface area contributed by atoms with Gasteiger partial charge in [-0.15, -0.1) is 0 Å². The third-order valence-electron chi connectivity index (χ3n) is 10.0. The molecule has 1 aromatic heterocycles. The van der Waals surface area contributed by atoms with E-state index in [4.69, 9.17) is 4.42 Å². The number of anilines is 3. The Bertz CT molecular complexity index is 2870. The zero-order chi connectivity index (χ0) is 33.0. The number of nitrogens with zero attached hydrogens (tertiary/aromatic N) is 1. The summed E-state index contributed by atoms with van der Waals surface area (Å²) < 4.78 is 6.82. The van der Waals surface area contributed by atoms with E-state index in [9.17, 15) is 0 Å². The van der Waals surface area contributed by atoms with Gasteiger partial charge in [0.2, 0.25) is 0 Å². The minimum Gasteiger partial charge on any atom is -0.455 e. The first-order chi connectivity index (χ1) is 24.8. The predicted octanol–water partition coefficient (Wildman–Crippen LogP) is 13.8. The van der Waals surface area contributed by atoms with E-state index in [2.05, 4.69) is 193 Å². The van der Waals surface area contributed by atoms with Crippen molar-refractivity contribution < 1.29 is 4.42 Å². The zero-order valence-electron chi connectivity index (χ0n) is 27.3. The van der Waals surface area contributed by atoms with E-state index in [0.29, 0.717) is 0 Å². The topological polar surface area (TPSA) is 16.4 Å². The maximum atomic E-state index is 6.82. The molecular weight excluding hydrogens is 607 g/mol. The molecule has 0 fully saturated rings. The second-order valence-electron chi connectivity index (χ2n) is 12.9. The molecule has 0 radical (unpaired) electrons. The highest BCUT2D eigenvalue weighted by atomic mass is 16.3. The maximum Gasteiger partial charge on any atom is 0.143 e. The second-order valence-corrected chi connectivity index (χ2v) is 12.9. The molecular formula is C48H31NO. The third kappa shape index (κ3) is 4.57. The Balaban J connectivity index is 1.19. The summed E-state index contributed by atoms with van der Waals surface area (Å²) in [4.78, 5) is 2.39. The third-order valence-corrected chi connectivity index (χ3v) is 10.0. The summed E-state index contributed by atoms with van der Waals surface area (Å²) in [7, 11) is 0. The van der Waals surface area contributed by atoms with Gasteiger partial charge in [0.25, 0.3) is 0 Å². The van der Waals surface area contributed by atoms with Crippen molar-refractivity contribution >= 4 is 71.3 Å². The minimum absolute atomic E-state index is 0.910. The van der Waals surface area contributed by atoms with Crippen LogP contribution in [0, 0.1) is 0 Å². The van der Waals surface area contributed by atoms with Gasteiger partial charge in [-0.3, -0.25) is 0 Å². The Labute approximate surface area is 290 Å². The van der Waals surface area contributed by atoms with E-state index in [1.54, 1.807) is 0 Å². The van der Waals surface area contributed by atoms with Crippen LogP contribution in [0.15, 0.2) is 192 Å². The minimum atomic E-state index is 0.910. The first-order valence-electron chi connectivity index (χ1n) is 17.1. The Morgan fingerprint density at radius 1 is 0.320 bits per heavy atom. The number of para-hydroxylation sites is 2. The summed E-state index contributed by atoms with van der Waals surface area (Å²) in [5.74, 6) is 0. The summed E-state index contributed by atoms with van der Waals surface area (Å²) in [6, 6.07) is 67.4. The number of fused-ring (bicyclic) bond motifs is 8. The monoisotopic (exact) mass is 637 g/mol. The lowest BCUT2D eigenvalue weighted by Crippen LogP contribution is -2.10. The Hall–Kier alpha value is -6.64. The van der Waals surface area contributed by atoms with E-state index in [1.807, 2.05) is 0 Å². The van der Waals surface area contributed by atoms with Gasteiger partial charge < -0.3 is 9.32 Å². The molecule has 2 heteroatoms. The van der Waals surface area contributed by atoms with Crippen LogP contribution in [-0.2, 0) is 0 Å². The highest BCUT2D eigenvalue weighted by Crippen LogP contribution is 2.46. The van der Waals surface area contributed by atoms with Gasteiger partial charge in [0.05, 0.1) is 5.69 Å². The first-order valence-corrected chi connectivity index (χ1v) is 17.1. The Morgan fingerprint density at radius 2 is 0.920 bits per heavy atom. The van der Waals surface area contributed by atoms with E-state index in [0.717, 1.165) is 60.9 Å². The van der Waals surface area contributed by atoms with Crippen LogP contribution < -0.4 is 4.90 Å². The van der Waals surface area contributed by atoms with Crippen LogP contribution in [0.4, 0.5) is 17.1 Å². The van der Waals surface area contributed by atoms with Crippen LogP contribution in [0.2, 0.25) is 0 Å². The van der Waals surface area contributed by atoms with Crippen molar-refractivity contribution in [3.05, 3.63) is 188 Å². The van der Waals surface area contributed by atoms with Gasteiger partial charge in [-0.2, -0.15) is 0 Å². The van der Waals surface area contributed by atoms with Gasteiger partial charge in [-0.25, -0.2) is 0 Å². The van der Waals surface area contributed by atoms with Crippen molar-refractivity contribution in [3.8, 4) is 22.3 Å². The van der Waals surface area contributed by atoms with Crippen molar-refractivity contribution in [1.82, 2.24) is 0 Å². The fourth-order valence-electron chi connectivity index (χ4n) is 7.65. The van der Waals surface area contributed by atoms with Gasteiger partial charge in [0.15, 0.2) is 0 Å². The van der Waals surface area contributed by atoms with Crippen LogP contribution in [0.1, 0.15) is 0 Å². The zero-order valence-corrected chi connectivity index (χ0v) is 27.3. The SMILES string of the molecule is c1ccc(-c2cccc3c2oc2c4ccccc4c(N(c4ccccc4)c4cccc(-c5ccc6c(ccc7ccccc76)c5)c4)cc32)cc1. The second kappa shape index (κ2) is 11.5. The molecule has 0 atom stereocenters. The number of furan rings is 1. The van der Waals surface area contributed by atoms with E-state index in [1.165, 1.54) is 32.7 Å². The van der Waals surface area contributed by atoms with E-state index >= 15 is 0 Å². The fourth-order valence-corrected chi connectivity index (χ4v) is 7.65. The molecule has 0 aliphatic rings. The van der Waals surface area contributed by atoms with Crippen LogP contribution >= 0.6 is 0 Å². The van der Waals surface area contributed by atoms with E-state index in [-0.39, 0.29) is 0 Å². The molecule has 2 nitrogen and oxygen atoms in total. The lowest BCUT2D eigenvalue weighted by molar-refractivity contribution is 0.674. The summed E-state index contributed by atoms with van der Waals surface area (Å²) in [6.07, 6.45) is 0. The van der Waals surface area contributed by atoms with Crippen LogP contribution in [0.25, 0.3) is 76.5 Å². The van der Waals surface area contributed by atoms with Gasteiger partial charge in [0.1, 0.15) is 11.2 Å². The van der Waals surface area contributed by atoms with Gasteiger partial charge >= 0.3 is 0 Å². The first kappa shape index (κ1) is 28.4. The average molecular weight is 638 g/mol. The smallest absolute Gasteiger partial charge is 0.143 e. The Kier molecular flexibility index (Phi) is 6.53. The van der Waals surface area contributed by atoms with Crippen LogP contribution in [0.3, 0.4) is 0 Å². The van der Waals surface area contributed by atoms with Crippen molar-refractivity contribution in [2.24, 2.45) is 0 Å². The number of hydrogen-bond acceptors (Lipinski definition) is 2. The lowest BCUT2D eigenvalue weighted by atomic mass is 9.97. The van der Waals surface area contributed by atoms with Crippen LogP contribution in [-0.4, -0.2) is 0 Å². The molecule has 0 saturated heterocycles. The lowest BCUT2D eigenvalue weighted by Gasteiger charge is -2.27. The molecule has 0 unspecified atom stereocenters. The van der Waals surface area contributed by atoms with Gasteiger partial charge in [-0.05, 0) is 74.6 Å². The predicted molar refractivity (Wildman–Crippen MR) is 212 cm³/mol. The fraction of sp³-hybridized carbons (Fsp3) is 0. The summed E-state index contributed by atoms with van der Waals surface area (Å²) in [6.45, 7) is 0. The van der Waals surface area contributed by atoms with Gasteiger partial charge in [-0.1, -0.05) is 152 Å². The molecule has 1 heterocycles. The number of hydrogen-bond donors (Lipinski definition) is 0. The van der Waals surface area contributed by atoms with Crippen LogP contribution in [0.5, 0.6) is 0 Å². The normalized spacial score (nSPS) is 11.6. The standard InChI is InChI=1S/C48H31NO/c1-3-13-32(14-4-1)41-23-12-24-44-45-31-46(42-21-9-10-22-43(42)48(45)50-47(41)44)49(37-17-5-2-6-18-37)38-19-11-16-34(30-38)35-27-28-40-36(29-35)26-25-33-15-7-8-20-39(33)40/h1-31H. The molecule has 0 amide bonds. The molecule has 0 spiro atoms. The summed E-state index contributed by atoms with van der Waals surface area (Å²) in [5, 5.41) is 9.50. The molecule has 0 aliphatic heterocycles. The largest absolute Gasteiger partial charge is 0.455 e. The number of benzene rings is 9. The molecule has 50 heavy (non-hydrogen) atoms. The molecule has 10 rings (SSSR count). The summed E-state index contributed by atoms with van der Waals surface area (Å²) >= 11 is 0. The Morgan fingerprint density at radius 3 is 1.78 bits per heavy atom.